The van der Waals surface area contributed by atoms with Crippen LogP contribution in [-0.2, 0) is 6.61 Å². The second kappa shape index (κ2) is 6.33. The number of hydrazine groups is 1. The third-order valence-electron chi connectivity index (χ3n) is 2.70. The summed E-state index contributed by atoms with van der Waals surface area (Å²) in [4.78, 5) is 23.0. The van der Waals surface area contributed by atoms with E-state index in [0.717, 1.165) is 10.4 Å². The van der Waals surface area contributed by atoms with Gasteiger partial charge in [-0.05, 0) is 30.7 Å². The highest BCUT2D eigenvalue weighted by Crippen LogP contribution is 2.29. The number of nitro benzene ring substituents is 1. The van der Waals surface area contributed by atoms with Crippen LogP contribution in [-0.4, -0.2) is 10.8 Å². The number of ether oxygens (including phenoxy) is 1. The number of hydrogen-bond donors (Lipinski definition) is 2. The van der Waals surface area contributed by atoms with E-state index in [9.17, 15) is 14.9 Å². The Morgan fingerprint density at radius 2 is 2.19 bits per heavy atom. The first-order chi connectivity index (χ1) is 10.0. The lowest BCUT2D eigenvalue weighted by Crippen LogP contribution is -2.29. The molecule has 1 amide bonds. The number of carbonyl (C=O) groups is 1. The fourth-order valence-corrected chi connectivity index (χ4v) is 2.51. The van der Waals surface area contributed by atoms with Crippen molar-refractivity contribution in [3.8, 4) is 5.75 Å². The molecule has 1 heterocycles. The summed E-state index contributed by atoms with van der Waals surface area (Å²) in [5.74, 6) is 4.87. The van der Waals surface area contributed by atoms with Crippen LogP contribution in [0, 0.1) is 17.0 Å². The molecule has 2 aromatic rings. The highest BCUT2D eigenvalue weighted by Gasteiger charge is 2.15. The van der Waals surface area contributed by atoms with Crippen molar-refractivity contribution in [2.45, 2.75) is 13.5 Å². The average Bonchev–Trinajstić information content (AvgIpc) is 2.93. The highest BCUT2D eigenvalue weighted by molar-refractivity contribution is 7.14. The largest absolute Gasteiger partial charge is 0.481 e. The van der Waals surface area contributed by atoms with Gasteiger partial charge in [0.05, 0.1) is 9.80 Å². The van der Waals surface area contributed by atoms with Crippen molar-refractivity contribution >= 4 is 22.9 Å². The molecule has 3 N–H and O–H groups in total. The molecule has 2 rings (SSSR count). The van der Waals surface area contributed by atoms with Gasteiger partial charge in [0.2, 0.25) is 0 Å². The van der Waals surface area contributed by atoms with Crippen molar-refractivity contribution in [2.75, 3.05) is 0 Å². The Balaban J connectivity index is 2.13. The zero-order valence-corrected chi connectivity index (χ0v) is 12.0. The molecule has 21 heavy (non-hydrogen) atoms. The van der Waals surface area contributed by atoms with Gasteiger partial charge in [0.15, 0.2) is 5.75 Å². The summed E-state index contributed by atoms with van der Waals surface area (Å²) in [6.07, 6.45) is 0. The molecular formula is C13H13N3O4S. The second-order valence-corrected chi connectivity index (χ2v) is 5.42. The number of nitro groups is 1. The van der Waals surface area contributed by atoms with E-state index in [1.807, 2.05) is 12.3 Å². The maximum absolute atomic E-state index is 11.3. The molecule has 0 radical (unpaired) electrons. The molecule has 0 saturated heterocycles. The lowest BCUT2D eigenvalue weighted by molar-refractivity contribution is -0.385. The smallest absolute Gasteiger partial charge is 0.310 e. The molecule has 110 valence electrons. The van der Waals surface area contributed by atoms with E-state index in [2.05, 4.69) is 0 Å². The van der Waals surface area contributed by atoms with Crippen molar-refractivity contribution in [2.24, 2.45) is 5.84 Å². The molecule has 0 fully saturated rings. The SMILES string of the molecule is Cc1ccc([N+](=O)[O-])c(OCc2ccc(C(=O)NN)s2)c1. The van der Waals surface area contributed by atoms with Gasteiger partial charge in [-0.2, -0.15) is 0 Å². The number of aryl methyl sites for hydroxylation is 1. The Morgan fingerprint density at radius 1 is 1.43 bits per heavy atom. The molecule has 0 unspecified atom stereocenters. The zero-order valence-electron chi connectivity index (χ0n) is 11.2. The predicted octanol–water partition coefficient (Wildman–Crippen LogP) is 2.15. The first kappa shape index (κ1) is 14.9. The Bertz CT molecular complexity index is 684. The van der Waals surface area contributed by atoms with E-state index in [0.29, 0.717) is 4.88 Å². The van der Waals surface area contributed by atoms with Crippen molar-refractivity contribution in [3.63, 3.8) is 0 Å². The summed E-state index contributed by atoms with van der Waals surface area (Å²) in [5, 5.41) is 10.9. The van der Waals surface area contributed by atoms with Gasteiger partial charge in [-0.3, -0.25) is 20.3 Å². The molecule has 7 nitrogen and oxygen atoms in total. The fraction of sp³-hybridized carbons (Fsp3) is 0.154. The van der Waals surface area contributed by atoms with Gasteiger partial charge in [-0.25, -0.2) is 5.84 Å². The van der Waals surface area contributed by atoms with Gasteiger partial charge in [-0.1, -0.05) is 6.07 Å². The van der Waals surface area contributed by atoms with Crippen LogP contribution in [0.1, 0.15) is 20.1 Å². The number of rotatable bonds is 5. The minimum atomic E-state index is -0.490. The molecule has 0 aliphatic carbocycles. The molecule has 1 aromatic heterocycles. The summed E-state index contributed by atoms with van der Waals surface area (Å²) in [6.45, 7) is 1.97. The van der Waals surface area contributed by atoms with Gasteiger partial charge >= 0.3 is 5.69 Å². The summed E-state index contributed by atoms with van der Waals surface area (Å²) in [6, 6.07) is 8.01. The predicted molar refractivity (Wildman–Crippen MR) is 78.1 cm³/mol. The third kappa shape index (κ3) is 3.56. The number of nitrogen functional groups attached to an aromatic ring is 1. The standard InChI is InChI=1S/C13H13N3O4S/c1-8-2-4-10(16(18)19)11(6-8)20-7-9-3-5-12(21-9)13(17)15-14/h2-6H,7,14H2,1H3,(H,15,17). The van der Waals surface area contributed by atoms with Gasteiger partial charge in [-0.15, -0.1) is 11.3 Å². The van der Waals surface area contributed by atoms with Crippen LogP contribution < -0.4 is 16.0 Å². The quantitative estimate of drug-likeness (QED) is 0.381. The number of nitrogens with zero attached hydrogens (tertiary/aromatic N) is 1. The van der Waals surface area contributed by atoms with Crippen LogP contribution >= 0.6 is 11.3 Å². The Labute approximate surface area is 124 Å². The van der Waals surface area contributed by atoms with Crippen LogP contribution in [0.25, 0.3) is 0 Å². The van der Waals surface area contributed by atoms with Gasteiger partial charge in [0.1, 0.15) is 6.61 Å². The lowest BCUT2D eigenvalue weighted by atomic mass is 10.2. The normalized spacial score (nSPS) is 10.2. The van der Waals surface area contributed by atoms with E-state index in [1.54, 1.807) is 24.3 Å². The van der Waals surface area contributed by atoms with Crippen molar-refractivity contribution in [1.29, 1.82) is 0 Å². The number of thiophene rings is 1. The van der Waals surface area contributed by atoms with Gasteiger partial charge < -0.3 is 4.74 Å². The molecule has 0 aliphatic heterocycles. The minimum absolute atomic E-state index is 0.0860. The molecule has 0 bridgehead atoms. The first-order valence-corrected chi connectivity index (χ1v) is 6.80. The molecule has 0 saturated carbocycles. The number of amides is 1. The monoisotopic (exact) mass is 307 g/mol. The number of nitrogens with one attached hydrogen (secondary N) is 1. The Morgan fingerprint density at radius 3 is 2.86 bits per heavy atom. The molecule has 0 aliphatic rings. The Kier molecular flexibility index (Phi) is 4.51. The number of carbonyl (C=O) groups excluding carboxylic acids is 1. The minimum Gasteiger partial charge on any atom is -0.481 e. The summed E-state index contributed by atoms with van der Waals surface area (Å²) in [5.41, 5.74) is 2.82. The second-order valence-electron chi connectivity index (χ2n) is 4.26. The van der Waals surface area contributed by atoms with Crippen molar-refractivity contribution in [1.82, 2.24) is 5.43 Å². The summed E-state index contributed by atoms with van der Waals surface area (Å²) < 4.78 is 5.50. The number of benzene rings is 1. The average molecular weight is 307 g/mol. The van der Waals surface area contributed by atoms with Crippen LogP contribution in [0.3, 0.4) is 0 Å². The van der Waals surface area contributed by atoms with Crippen molar-refractivity contribution < 1.29 is 14.5 Å². The first-order valence-electron chi connectivity index (χ1n) is 5.98. The molecule has 8 heteroatoms. The Hall–Kier alpha value is -2.45. The number of nitrogens with two attached hydrogens (primary N) is 1. The molecule has 0 spiro atoms. The van der Waals surface area contributed by atoms with E-state index in [4.69, 9.17) is 10.6 Å². The maximum atomic E-state index is 11.3. The summed E-state index contributed by atoms with van der Waals surface area (Å²) in [7, 11) is 0. The number of hydrogen-bond acceptors (Lipinski definition) is 6. The topological polar surface area (TPSA) is 107 Å². The highest BCUT2D eigenvalue weighted by atomic mass is 32.1. The van der Waals surface area contributed by atoms with Gasteiger partial charge in [0, 0.05) is 10.9 Å². The van der Waals surface area contributed by atoms with Crippen LogP contribution in [0.4, 0.5) is 5.69 Å². The van der Waals surface area contributed by atoms with Gasteiger partial charge in [0.25, 0.3) is 5.91 Å². The molecular weight excluding hydrogens is 294 g/mol. The lowest BCUT2D eigenvalue weighted by Gasteiger charge is -2.06. The third-order valence-corrected chi connectivity index (χ3v) is 3.76. The maximum Gasteiger partial charge on any atom is 0.310 e. The van der Waals surface area contributed by atoms with Crippen LogP contribution in [0.2, 0.25) is 0 Å². The van der Waals surface area contributed by atoms with E-state index >= 15 is 0 Å². The molecule has 0 atom stereocenters. The summed E-state index contributed by atoms with van der Waals surface area (Å²) >= 11 is 1.22. The van der Waals surface area contributed by atoms with Crippen LogP contribution in [0.5, 0.6) is 5.75 Å². The zero-order chi connectivity index (χ0) is 15.4. The van der Waals surface area contributed by atoms with E-state index in [1.165, 1.54) is 17.4 Å². The van der Waals surface area contributed by atoms with Crippen LogP contribution in [0.15, 0.2) is 30.3 Å². The van der Waals surface area contributed by atoms with Crippen molar-refractivity contribution in [3.05, 3.63) is 55.8 Å². The molecule has 1 aromatic carbocycles. The van der Waals surface area contributed by atoms with E-state index < -0.39 is 4.92 Å². The fourth-order valence-electron chi connectivity index (χ4n) is 1.69. The van der Waals surface area contributed by atoms with E-state index in [-0.39, 0.29) is 24.0 Å².